The summed E-state index contributed by atoms with van der Waals surface area (Å²) in [5, 5.41) is 1.14. The molecule has 2 unspecified atom stereocenters. The quantitative estimate of drug-likeness (QED) is 0.608. The Hall–Kier alpha value is -1.24. The highest BCUT2D eigenvalue weighted by atomic mass is 35.5. The molecule has 0 aromatic heterocycles. The average Bonchev–Trinajstić information content (AvgIpc) is 2.71. The molecule has 4 nitrogen and oxygen atoms in total. The summed E-state index contributed by atoms with van der Waals surface area (Å²) < 4.78 is 15.2. The average molecular weight is 465 g/mol. The van der Waals surface area contributed by atoms with Crippen LogP contribution < -0.4 is 4.72 Å². The first-order valence-corrected chi connectivity index (χ1v) is 12.7. The number of nitrogens with zero attached hydrogens (tertiary/aromatic N) is 1. The molecule has 1 aliphatic heterocycles. The minimum atomic E-state index is -1.15. The number of fused-ring (bicyclic) bond motifs is 1. The molecule has 2 aromatic rings. The monoisotopic (exact) mass is 464 g/mol. The third-order valence-electron chi connectivity index (χ3n) is 6.37. The van der Waals surface area contributed by atoms with Gasteiger partial charge in [0.2, 0.25) is 0 Å². The minimum absolute atomic E-state index is 0.0142. The van der Waals surface area contributed by atoms with E-state index in [9.17, 15) is 9.35 Å². The van der Waals surface area contributed by atoms with E-state index in [1.807, 2.05) is 41.3 Å². The summed E-state index contributed by atoms with van der Waals surface area (Å²) in [6.07, 6.45) is 5.52. The maximum Gasteiger partial charge on any atom is 0.254 e. The summed E-state index contributed by atoms with van der Waals surface area (Å²) in [4.78, 5) is 15.8. The zero-order valence-electron chi connectivity index (χ0n) is 17.1. The van der Waals surface area contributed by atoms with Crippen LogP contribution in [0.3, 0.4) is 0 Å². The third-order valence-corrected chi connectivity index (χ3v) is 7.57. The van der Waals surface area contributed by atoms with Crippen molar-refractivity contribution in [2.24, 2.45) is 0 Å². The molecule has 1 saturated carbocycles. The molecule has 1 aliphatic carbocycles. The molecule has 0 spiro atoms. The van der Waals surface area contributed by atoms with Crippen molar-refractivity contribution in [3.63, 3.8) is 0 Å². The molecule has 1 amide bonds. The van der Waals surface area contributed by atoms with Crippen molar-refractivity contribution < 1.29 is 9.35 Å². The van der Waals surface area contributed by atoms with Crippen LogP contribution in [0.25, 0.3) is 0 Å². The van der Waals surface area contributed by atoms with Crippen molar-refractivity contribution in [1.29, 1.82) is 0 Å². The third kappa shape index (κ3) is 4.11. The number of benzene rings is 2. The van der Waals surface area contributed by atoms with Gasteiger partial charge in [-0.25, -0.2) is 0 Å². The standard InChI is InChI=1S/C23H26Cl2N2O2S/c1-14-16-7-3-4-8-17(16)23(28)27(21-10-6-5-9-20(21)26-30(2)29)22(14)18-12-11-15(24)13-19(18)25/h3-4,7-8,11-14,20-22,26H,5-6,9-10H2,1-2H3/t14-,20+,21?,22-,30?/m1/s1. The molecule has 7 heteroatoms. The van der Waals surface area contributed by atoms with Crippen LogP contribution in [0.2, 0.25) is 10.0 Å². The van der Waals surface area contributed by atoms with E-state index in [0.29, 0.717) is 10.0 Å². The van der Waals surface area contributed by atoms with Gasteiger partial charge >= 0.3 is 0 Å². The molecule has 4 rings (SSSR count). The fourth-order valence-corrected chi connectivity index (χ4v) is 6.30. The number of amides is 1. The minimum Gasteiger partial charge on any atom is -0.598 e. The number of hydrogen-bond donors (Lipinski definition) is 1. The lowest BCUT2D eigenvalue weighted by Gasteiger charge is -2.48. The van der Waals surface area contributed by atoms with Gasteiger partial charge in [0.15, 0.2) is 0 Å². The van der Waals surface area contributed by atoms with Gasteiger partial charge in [-0.15, -0.1) is 4.72 Å². The van der Waals surface area contributed by atoms with Gasteiger partial charge in [0.1, 0.15) is 6.26 Å². The predicted octanol–water partition coefficient (Wildman–Crippen LogP) is 5.49. The molecular weight excluding hydrogens is 439 g/mol. The van der Waals surface area contributed by atoms with E-state index in [1.165, 1.54) is 0 Å². The Labute approximate surface area is 191 Å². The second kappa shape index (κ2) is 9.09. The van der Waals surface area contributed by atoms with E-state index in [4.69, 9.17) is 23.2 Å². The van der Waals surface area contributed by atoms with Gasteiger partial charge in [-0.2, -0.15) is 0 Å². The van der Waals surface area contributed by atoms with E-state index in [1.54, 1.807) is 12.3 Å². The van der Waals surface area contributed by atoms with Crippen molar-refractivity contribution in [2.75, 3.05) is 6.26 Å². The van der Waals surface area contributed by atoms with Gasteiger partial charge in [0, 0.05) is 32.9 Å². The van der Waals surface area contributed by atoms with Crippen molar-refractivity contribution in [3.05, 3.63) is 69.2 Å². The van der Waals surface area contributed by atoms with E-state index in [0.717, 1.165) is 42.4 Å². The molecular formula is C23H26Cl2N2O2S. The first-order chi connectivity index (χ1) is 14.4. The summed E-state index contributed by atoms with van der Waals surface area (Å²) >= 11 is 11.7. The van der Waals surface area contributed by atoms with Crippen molar-refractivity contribution in [1.82, 2.24) is 9.62 Å². The summed E-state index contributed by atoms with van der Waals surface area (Å²) in [6.45, 7) is 2.15. The second-order valence-electron chi connectivity index (χ2n) is 8.23. The van der Waals surface area contributed by atoms with Crippen LogP contribution in [-0.4, -0.2) is 33.7 Å². The number of nitrogens with one attached hydrogen (secondary N) is 1. The van der Waals surface area contributed by atoms with Gasteiger partial charge in [0.25, 0.3) is 5.91 Å². The molecule has 2 aliphatic rings. The van der Waals surface area contributed by atoms with E-state index in [2.05, 4.69) is 11.6 Å². The maximum atomic E-state index is 13.8. The number of carbonyl (C=O) groups is 1. The van der Waals surface area contributed by atoms with Crippen LogP contribution in [0, 0.1) is 0 Å². The highest BCUT2D eigenvalue weighted by Crippen LogP contribution is 2.47. The molecule has 30 heavy (non-hydrogen) atoms. The molecule has 0 radical (unpaired) electrons. The highest BCUT2D eigenvalue weighted by Gasteiger charge is 2.45. The van der Waals surface area contributed by atoms with Gasteiger partial charge in [-0.1, -0.05) is 67.2 Å². The SMILES string of the molecule is C[C@@H]1c2ccccc2C(=O)N(C2CCCC[C@@H]2N[S+](C)[O-])[C@H]1c1ccc(Cl)cc1Cl. The summed E-state index contributed by atoms with van der Waals surface area (Å²) in [5.41, 5.74) is 2.68. The lowest BCUT2D eigenvalue weighted by atomic mass is 9.78. The van der Waals surface area contributed by atoms with Crippen LogP contribution in [0.1, 0.15) is 66.1 Å². The first kappa shape index (κ1) is 22.0. The molecule has 2 aromatic carbocycles. The van der Waals surface area contributed by atoms with Gasteiger partial charge in [-0.05, 0) is 42.2 Å². The molecule has 160 valence electrons. The van der Waals surface area contributed by atoms with E-state index < -0.39 is 11.4 Å². The molecule has 0 bridgehead atoms. The Morgan fingerprint density at radius 3 is 2.57 bits per heavy atom. The lowest BCUT2D eigenvalue weighted by Crippen LogP contribution is -2.57. The van der Waals surface area contributed by atoms with Gasteiger partial charge in [0.05, 0.1) is 18.1 Å². The molecule has 1 heterocycles. The topological polar surface area (TPSA) is 55.4 Å². The number of hydrogen-bond acceptors (Lipinski definition) is 3. The molecule has 5 atom stereocenters. The zero-order chi connectivity index (χ0) is 21.4. The highest BCUT2D eigenvalue weighted by molar-refractivity contribution is 7.88. The van der Waals surface area contributed by atoms with Crippen molar-refractivity contribution in [2.45, 2.75) is 56.7 Å². The zero-order valence-corrected chi connectivity index (χ0v) is 19.4. The first-order valence-electron chi connectivity index (χ1n) is 10.3. The van der Waals surface area contributed by atoms with Gasteiger partial charge in [-0.3, -0.25) is 4.79 Å². The van der Waals surface area contributed by atoms with Crippen LogP contribution in [0.4, 0.5) is 0 Å². The Morgan fingerprint density at radius 2 is 1.83 bits per heavy atom. The summed E-state index contributed by atoms with van der Waals surface area (Å²) in [6, 6.07) is 13.1. The summed E-state index contributed by atoms with van der Waals surface area (Å²) in [5.74, 6) is 0.0765. The maximum absolute atomic E-state index is 13.8. The Kier molecular flexibility index (Phi) is 6.66. The fourth-order valence-electron chi connectivity index (χ4n) is 5.08. The van der Waals surface area contributed by atoms with E-state index in [-0.39, 0.29) is 30.0 Å². The number of rotatable bonds is 4. The predicted molar refractivity (Wildman–Crippen MR) is 123 cm³/mol. The summed E-state index contributed by atoms with van der Waals surface area (Å²) in [7, 11) is 0. The van der Waals surface area contributed by atoms with Crippen molar-refractivity contribution >= 4 is 40.5 Å². The lowest BCUT2D eigenvalue weighted by molar-refractivity contribution is 0.0374. The number of carbonyl (C=O) groups excluding carboxylic acids is 1. The second-order valence-corrected chi connectivity index (χ2v) is 10.2. The van der Waals surface area contributed by atoms with Crippen molar-refractivity contribution in [3.8, 4) is 0 Å². The fraction of sp³-hybridized carbons (Fsp3) is 0.435. The Morgan fingerprint density at radius 1 is 1.10 bits per heavy atom. The van der Waals surface area contributed by atoms with E-state index >= 15 is 0 Å². The van der Waals surface area contributed by atoms with Crippen LogP contribution in [-0.2, 0) is 11.4 Å². The van der Waals surface area contributed by atoms with Crippen LogP contribution >= 0.6 is 23.2 Å². The smallest absolute Gasteiger partial charge is 0.254 e. The Balaban J connectivity index is 1.84. The molecule has 1 N–H and O–H groups in total. The van der Waals surface area contributed by atoms with Crippen LogP contribution in [0.5, 0.6) is 0 Å². The largest absolute Gasteiger partial charge is 0.598 e. The van der Waals surface area contributed by atoms with Crippen LogP contribution in [0.15, 0.2) is 42.5 Å². The van der Waals surface area contributed by atoms with Gasteiger partial charge < -0.3 is 9.45 Å². The Bertz CT molecular complexity index is 939. The molecule has 1 fully saturated rings. The number of halogens is 2. The molecule has 0 saturated heterocycles. The normalized spacial score (nSPS) is 27.6.